The van der Waals surface area contributed by atoms with E-state index < -0.39 is 11.9 Å². The van der Waals surface area contributed by atoms with Crippen molar-refractivity contribution < 1.29 is 18.0 Å². The fourth-order valence-electron chi connectivity index (χ4n) is 2.97. The van der Waals surface area contributed by atoms with Crippen molar-refractivity contribution in [2.45, 2.75) is 19.0 Å². The minimum Gasteiger partial charge on any atom is -0.352 e. The van der Waals surface area contributed by atoms with Crippen molar-refractivity contribution >= 4 is 5.91 Å². The third-order valence-electron chi connectivity index (χ3n) is 4.54. The van der Waals surface area contributed by atoms with E-state index in [1.165, 1.54) is 12.3 Å². The van der Waals surface area contributed by atoms with Crippen LogP contribution in [0, 0.1) is 5.92 Å². The second-order valence-electron chi connectivity index (χ2n) is 6.41. The molecule has 3 rings (SSSR count). The number of halogens is 3. The maximum Gasteiger partial charge on any atom is 0.433 e. The number of amides is 1. The SMILES string of the molecule is O=C(NCC1CCNCC1)c1ccc(-c2ccc(C(F)(F)F)nc2)cc1. The third kappa shape index (κ3) is 4.60. The van der Waals surface area contributed by atoms with Crippen LogP contribution in [0.15, 0.2) is 42.6 Å². The van der Waals surface area contributed by atoms with Crippen molar-refractivity contribution in [1.82, 2.24) is 15.6 Å². The van der Waals surface area contributed by atoms with Gasteiger partial charge in [-0.1, -0.05) is 18.2 Å². The molecule has 0 unspecified atom stereocenters. The van der Waals surface area contributed by atoms with Gasteiger partial charge in [0.15, 0.2) is 0 Å². The molecule has 1 aromatic heterocycles. The molecule has 7 heteroatoms. The number of hydrogen-bond acceptors (Lipinski definition) is 3. The molecule has 1 aromatic carbocycles. The molecule has 138 valence electrons. The molecule has 1 aliphatic heterocycles. The molecule has 0 spiro atoms. The summed E-state index contributed by atoms with van der Waals surface area (Å²) in [6, 6.07) is 9.10. The van der Waals surface area contributed by atoms with Gasteiger partial charge in [0.1, 0.15) is 5.69 Å². The highest BCUT2D eigenvalue weighted by Crippen LogP contribution is 2.29. The van der Waals surface area contributed by atoms with Crippen molar-refractivity contribution in [2.24, 2.45) is 5.92 Å². The molecule has 0 aliphatic carbocycles. The Morgan fingerprint density at radius 2 is 1.73 bits per heavy atom. The summed E-state index contributed by atoms with van der Waals surface area (Å²) in [6.45, 7) is 2.62. The summed E-state index contributed by atoms with van der Waals surface area (Å²) in [5.74, 6) is 0.360. The minimum atomic E-state index is -4.45. The molecule has 2 aromatic rings. The molecule has 1 saturated heterocycles. The van der Waals surface area contributed by atoms with Gasteiger partial charge in [0.2, 0.25) is 0 Å². The van der Waals surface area contributed by atoms with Crippen LogP contribution < -0.4 is 10.6 Å². The van der Waals surface area contributed by atoms with Crippen LogP contribution in [0.3, 0.4) is 0 Å². The van der Waals surface area contributed by atoms with Gasteiger partial charge in [0.25, 0.3) is 5.91 Å². The van der Waals surface area contributed by atoms with Crippen LogP contribution in [0.25, 0.3) is 11.1 Å². The Balaban J connectivity index is 1.61. The van der Waals surface area contributed by atoms with Crippen LogP contribution in [-0.4, -0.2) is 30.5 Å². The molecular formula is C19H20F3N3O. The first-order chi connectivity index (χ1) is 12.4. The van der Waals surface area contributed by atoms with Gasteiger partial charge in [0.05, 0.1) is 0 Å². The number of hydrogen-bond donors (Lipinski definition) is 2. The van der Waals surface area contributed by atoms with Crippen LogP contribution in [0.4, 0.5) is 13.2 Å². The van der Waals surface area contributed by atoms with E-state index in [0.717, 1.165) is 32.0 Å². The van der Waals surface area contributed by atoms with Crippen molar-refractivity contribution in [2.75, 3.05) is 19.6 Å². The Morgan fingerprint density at radius 3 is 2.31 bits per heavy atom. The number of pyridine rings is 1. The molecule has 2 heterocycles. The van der Waals surface area contributed by atoms with Crippen LogP contribution in [0.2, 0.25) is 0 Å². The van der Waals surface area contributed by atoms with Gasteiger partial charge in [-0.05, 0) is 55.6 Å². The monoisotopic (exact) mass is 363 g/mol. The fraction of sp³-hybridized carbons (Fsp3) is 0.368. The topological polar surface area (TPSA) is 54.0 Å². The van der Waals surface area contributed by atoms with Gasteiger partial charge in [0, 0.05) is 23.9 Å². The summed E-state index contributed by atoms with van der Waals surface area (Å²) in [4.78, 5) is 15.7. The number of alkyl halides is 3. The number of carbonyl (C=O) groups excluding carboxylic acids is 1. The van der Waals surface area contributed by atoms with Gasteiger partial charge >= 0.3 is 6.18 Å². The van der Waals surface area contributed by atoms with Crippen LogP contribution in [0.1, 0.15) is 28.9 Å². The van der Waals surface area contributed by atoms with Crippen molar-refractivity contribution in [3.05, 3.63) is 53.9 Å². The van der Waals surface area contributed by atoms with Gasteiger partial charge < -0.3 is 10.6 Å². The number of piperidine rings is 1. The Bertz CT molecular complexity index is 736. The molecule has 0 saturated carbocycles. The van der Waals surface area contributed by atoms with Crippen molar-refractivity contribution in [3.63, 3.8) is 0 Å². The highest BCUT2D eigenvalue weighted by atomic mass is 19.4. The molecule has 0 atom stereocenters. The van der Waals surface area contributed by atoms with Crippen molar-refractivity contribution in [1.29, 1.82) is 0 Å². The van der Waals surface area contributed by atoms with Gasteiger partial charge in [-0.25, -0.2) is 0 Å². The second-order valence-corrected chi connectivity index (χ2v) is 6.41. The Hall–Kier alpha value is -2.41. The molecule has 26 heavy (non-hydrogen) atoms. The van der Waals surface area contributed by atoms with Gasteiger partial charge in [-0.3, -0.25) is 9.78 Å². The summed E-state index contributed by atoms with van der Waals surface area (Å²) in [7, 11) is 0. The summed E-state index contributed by atoms with van der Waals surface area (Å²) < 4.78 is 37.7. The fourth-order valence-corrected chi connectivity index (χ4v) is 2.97. The number of nitrogens with zero attached hydrogens (tertiary/aromatic N) is 1. The second kappa shape index (κ2) is 7.86. The average molecular weight is 363 g/mol. The molecule has 2 N–H and O–H groups in total. The van der Waals surface area contributed by atoms with E-state index >= 15 is 0 Å². The third-order valence-corrected chi connectivity index (χ3v) is 4.54. The number of nitrogens with one attached hydrogen (secondary N) is 2. The number of rotatable bonds is 4. The smallest absolute Gasteiger partial charge is 0.352 e. The largest absolute Gasteiger partial charge is 0.433 e. The highest BCUT2D eigenvalue weighted by Gasteiger charge is 2.32. The minimum absolute atomic E-state index is 0.138. The van der Waals surface area contributed by atoms with E-state index in [2.05, 4.69) is 15.6 Å². The summed E-state index contributed by atoms with van der Waals surface area (Å²) >= 11 is 0. The first-order valence-corrected chi connectivity index (χ1v) is 8.56. The Labute approximate surface area is 149 Å². The van der Waals surface area contributed by atoms with E-state index in [1.54, 1.807) is 24.3 Å². The maximum atomic E-state index is 12.6. The van der Waals surface area contributed by atoms with Crippen LogP contribution in [0.5, 0.6) is 0 Å². The average Bonchev–Trinajstić information content (AvgIpc) is 2.66. The first-order valence-electron chi connectivity index (χ1n) is 8.56. The van der Waals surface area contributed by atoms with Crippen LogP contribution in [-0.2, 0) is 6.18 Å². The molecule has 0 radical (unpaired) electrons. The number of carbonyl (C=O) groups is 1. The molecule has 0 bridgehead atoms. The normalized spacial score (nSPS) is 15.7. The zero-order chi connectivity index (χ0) is 18.6. The summed E-state index contributed by atoms with van der Waals surface area (Å²) in [6.07, 6.45) is -1.15. The molecule has 1 fully saturated rings. The molecule has 1 aliphatic rings. The Kier molecular flexibility index (Phi) is 5.56. The zero-order valence-corrected chi connectivity index (χ0v) is 14.1. The lowest BCUT2D eigenvalue weighted by Crippen LogP contribution is -2.35. The number of benzene rings is 1. The molecular weight excluding hydrogens is 343 g/mol. The summed E-state index contributed by atoms with van der Waals surface area (Å²) in [5, 5.41) is 6.24. The number of aromatic nitrogens is 1. The standard InChI is InChI=1S/C19H20F3N3O/c20-19(21,22)17-6-5-16(12-24-17)14-1-3-15(4-2-14)18(26)25-11-13-7-9-23-10-8-13/h1-6,12-13,23H,7-11H2,(H,25,26). The lowest BCUT2D eigenvalue weighted by Gasteiger charge is -2.22. The van der Waals surface area contributed by atoms with Gasteiger partial charge in [-0.2, -0.15) is 13.2 Å². The quantitative estimate of drug-likeness (QED) is 0.874. The summed E-state index contributed by atoms with van der Waals surface area (Å²) in [5.41, 5.74) is 0.888. The Morgan fingerprint density at radius 1 is 1.08 bits per heavy atom. The van der Waals surface area contributed by atoms with Crippen molar-refractivity contribution in [3.8, 4) is 11.1 Å². The van der Waals surface area contributed by atoms with E-state index in [4.69, 9.17) is 0 Å². The van der Waals surface area contributed by atoms with E-state index in [0.29, 0.717) is 29.2 Å². The zero-order valence-electron chi connectivity index (χ0n) is 14.1. The maximum absolute atomic E-state index is 12.6. The van der Waals surface area contributed by atoms with E-state index in [-0.39, 0.29) is 5.91 Å². The molecule has 4 nitrogen and oxygen atoms in total. The van der Waals surface area contributed by atoms with E-state index in [1.807, 2.05) is 0 Å². The van der Waals surface area contributed by atoms with Gasteiger partial charge in [-0.15, -0.1) is 0 Å². The lowest BCUT2D eigenvalue weighted by atomic mass is 9.98. The predicted octanol–water partition coefficient (Wildman–Crippen LogP) is 3.50. The molecule has 1 amide bonds. The predicted molar refractivity (Wildman–Crippen MR) is 92.6 cm³/mol. The first kappa shape index (κ1) is 18.4. The van der Waals surface area contributed by atoms with Crippen LogP contribution >= 0.6 is 0 Å². The lowest BCUT2D eigenvalue weighted by molar-refractivity contribution is -0.141. The highest BCUT2D eigenvalue weighted by molar-refractivity contribution is 5.94. The van der Waals surface area contributed by atoms with E-state index in [9.17, 15) is 18.0 Å².